The summed E-state index contributed by atoms with van der Waals surface area (Å²) in [5.74, 6) is 0. The molecule has 4 nitrogen and oxygen atoms in total. The standard InChI is InChI=1S/C28H52N4/c1-5-25(3)31(6-2)23-9-18-29-20-16-27-12-14-28(15-13-27)17-21-30-19-10-24-32-22-8-7-11-26(32)4/h12-15,25-26,29-30H,5-11,16-24H2,1-4H3. The lowest BCUT2D eigenvalue weighted by molar-refractivity contribution is 0.159. The lowest BCUT2D eigenvalue weighted by atomic mass is 10.0. The van der Waals surface area contributed by atoms with Crippen molar-refractivity contribution < 1.29 is 0 Å². The summed E-state index contributed by atoms with van der Waals surface area (Å²) in [5.41, 5.74) is 2.89. The van der Waals surface area contributed by atoms with Crippen molar-refractivity contribution in [2.75, 3.05) is 52.4 Å². The van der Waals surface area contributed by atoms with Crippen molar-refractivity contribution in [1.29, 1.82) is 0 Å². The van der Waals surface area contributed by atoms with Crippen molar-refractivity contribution >= 4 is 0 Å². The van der Waals surface area contributed by atoms with Gasteiger partial charge in [0.2, 0.25) is 0 Å². The van der Waals surface area contributed by atoms with E-state index < -0.39 is 0 Å². The topological polar surface area (TPSA) is 30.5 Å². The van der Waals surface area contributed by atoms with Crippen LogP contribution in [0.5, 0.6) is 0 Å². The van der Waals surface area contributed by atoms with Gasteiger partial charge in [-0.3, -0.25) is 0 Å². The summed E-state index contributed by atoms with van der Waals surface area (Å²) < 4.78 is 0. The Morgan fingerprint density at radius 2 is 1.56 bits per heavy atom. The van der Waals surface area contributed by atoms with Gasteiger partial charge >= 0.3 is 0 Å². The minimum Gasteiger partial charge on any atom is -0.316 e. The van der Waals surface area contributed by atoms with Crippen LogP contribution in [0, 0.1) is 0 Å². The Kier molecular flexibility index (Phi) is 14.2. The van der Waals surface area contributed by atoms with Gasteiger partial charge in [-0.2, -0.15) is 0 Å². The first kappa shape index (κ1) is 27.3. The first-order valence-electron chi connectivity index (χ1n) is 13.6. The molecule has 1 saturated heterocycles. The SMILES string of the molecule is CCC(C)N(CC)CCCNCCc1ccc(CCNCCCN2CCCCC2C)cc1. The maximum Gasteiger partial charge on any atom is 0.00669 e. The number of nitrogens with one attached hydrogen (secondary N) is 2. The van der Waals surface area contributed by atoms with Gasteiger partial charge in [-0.25, -0.2) is 0 Å². The fraction of sp³-hybridized carbons (Fsp3) is 0.786. The highest BCUT2D eigenvalue weighted by Crippen LogP contribution is 2.16. The highest BCUT2D eigenvalue weighted by Gasteiger charge is 2.16. The first-order valence-corrected chi connectivity index (χ1v) is 13.6. The van der Waals surface area contributed by atoms with E-state index in [9.17, 15) is 0 Å². The highest BCUT2D eigenvalue weighted by molar-refractivity contribution is 5.23. The van der Waals surface area contributed by atoms with Crippen LogP contribution < -0.4 is 10.6 Å². The molecule has 2 unspecified atom stereocenters. The Hall–Kier alpha value is -0.940. The molecular formula is C28H52N4. The molecule has 0 aliphatic carbocycles. The van der Waals surface area contributed by atoms with Crippen LogP contribution in [0.1, 0.15) is 77.3 Å². The molecule has 1 aliphatic heterocycles. The molecule has 32 heavy (non-hydrogen) atoms. The minimum atomic E-state index is 0.706. The van der Waals surface area contributed by atoms with Gasteiger partial charge in [0, 0.05) is 12.1 Å². The van der Waals surface area contributed by atoms with E-state index in [-0.39, 0.29) is 0 Å². The van der Waals surface area contributed by atoms with E-state index in [1.54, 1.807) is 0 Å². The van der Waals surface area contributed by atoms with Gasteiger partial charge in [0.1, 0.15) is 0 Å². The fourth-order valence-corrected chi connectivity index (χ4v) is 4.84. The Morgan fingerprint density at radius 1 is 0.938 bits per heavy atom. The van der Waals surface area contributed by atoms with Gasteiger partial charge in [0.15, 0.2) is 0 Å². The van der Waals surface area contributed by atoms with E-state index >= 15 is 0 Å². The number of nitrogens with zero attached hydrogens (tertiary/aromatic N) is 2. The van der Waals surface area contributed by atoms with Crippen molar-refractivity contribution in [1.82, 2.24) is 20.4 Å². The number of hydrogen-bond acceptors (Lipinski definition) is 4. The summed E-state index contributed by atoms with van der Waals surface area (Å²) >= 11 is 0. The Morgan fingerprint density at radius 3 is 2.12 bits per heavy atom. The van der Waals surface area contributed by atoms with E-state index in [1.165, 1.54) is 69.3 Å². The fourth-order valence-electron chi connectivity index (χ4n) is 4.84. The van der Waals surface area contributed by atoms with Crippen molar-refractivity contribution in [2.24, 2.45) is 0 Å². The second-order valence-electron chi connectivity index (χ2n) is 9.79. The summed E-state index contributed by atoms with van der Waals surface area (Å²) in [6.45, 7) is 18.6. The normalized spacial score (nSPS) is 18.3. The molecular weight excluding hydrogens is 392 g/mol. The third-order valence-electron chi connectivity index (χ3n) is 7.36. The monoisotopic (exact) mass is 444 g/mol. The molecule has 0 spiro atoms. The molecule has 2 N–H and O–H groups in total. The third-order valence-corrected chi connectivity index (χ3v) is 7.36. The Balaban J connectivity index is 1.48. The van der Waals surface area contributed by atoms with Crippen LogP contribution in [0.15, 0.2) is 24.3 Å². The maximum atomic E-state index is 3.64. The largest absolute Gasteiger partial charge is 0.316 e. The molecule has 2 rings (SSSR count). The summed E-state index contributed by atoms with van der Waals surface area (Å²) in [7, 11) is 0. The van der Waals surface area contributed by atoms with Crippen molar-refractivity contribution in [2.45, 2.75) is 91.1 Å². The van der Waals surface area contributed by atoms with Gasteiger partial charge in [0.05, 0.1) is 0 Å². The average Bonchev–Trinajstić information content (AvgIpc) is 2.82. The summed E-state index contributed by atoms with van der Waals surface area (Å²) in [6.07, 6.45) is 10.2. The molecule has 0 aromatic heterocycles. The predicted molar refractivity (Wildman–Crippen MR) is 141 cm³/mol. The van der Waals surface area contributed by atoms with Crippen LogP contribution in [-0.2, 0) is 12.8 Å². The third kappa shape index (κ3) is 10.8. The molecule has 4 heteroatoms. The van der Waals surface area contributed by atoms with Crippen LogP contribution in [0.25, 0.3) is 0 Å². The summed E-state index contributed by atoms with van der Waals surface area (Å²) in [6, 6.07) is 10.8. The molecule has 0 radical (unpaired) electrons. The number of hydrogen-bond donors (Lipinski definition) is 2. The number of likely N-dealkylation sites (tertiary alicyclic amines) is 1. The second kappa shape index (κ2) is 16.6. The predicted octanol–water partition coefficient (Wildman–Crippen LogP) is 4.73. The van der Waals surface area contributed by atoms with Crippen LogP contribution in [0.4, 0.5) is 0 Å². The molecule has 1 heterocycles. The molecule has 0 bridgehead atoms. The average molecular weight is 445 g/mol. The van der Waals surface area contributed by atoms with Crippen LogP contribution >= 0.6 is 0 Å². The van der Waals surface area contributed by atoms with Gasteiger partial charge < -0.3 is 20.4 Å². The molecule has 1 aliphatic rings. The van der Waals surface area contributed by atoms with E-state index in [2.05, 4.69) is 72.4 Å². The van der Waals surface area contributed by atoms with Gasteiger partial charge in [-0.1, -0.05) is 44.5 Å². The molecule has 1 fully saturated rings. The molecule has 0 saturated carbocycles. The molecule has 2 atom stereocenters. The highest BCUT2D eigenvalue weighted by atomic mass is 15.2. The number of benzene rings is 1. The quantitative estimate of drug-likeness (QED) is 0.340. The molecule has 1 aromatic carbocycles. The van der Waals surface area contributed by atoms with E-state index in [1.807, 2.05) is 0 Å². The molecule has 0 amide bonds. The Labute approximate surface area is 199 Å². The maximum absolute atomic E-state index is 3.64. The zero-order valence-corrected chi connectivity index (χ0v) is 21.7. The summed E-state index contributed by atoms with van der Waals surface area (Å²) in [5, 5.41) is 7.26. The van der Waals surface area contributed by atoms with Gasteiger partial charge in [-0.15, -0.1) is 0 Å². The zero-order chi connectivity index (χ0) is 23.0. The smallest absolute Gasteiger partial charge is 0.00669 e. The minimum absolute atomic E-state index is 0.706. The molecule has 184 valence electrons. The first-order chi connectivity index (χ1) is 15.6. The van der Waals surface area contributed by atoms with E-state index in [4.69, 9.17) is 0 Å². The Bertz CT molecular complexity index is 536. The van der Waals surface area contributed by atoms with Crippen LogP contribution in [0.3, 0.4) is 0 Å². The van der Waals surface area contributed by atoms with E-state index in [0.29, 0.717) is 6.04 Å². The summed E-state index contributed by atoms with van der Waals surface area (Å²) in [4.78, 5) is 5.26. The molecule has 1 aromatic rings. The van der Waals surface area contributed by atoms with E-state index in [0.717, 1.165) is 51.6 Å². The lowest BCUT2D eigenvalue weighted by Gasteiger charge is -2.33. The van der Waals surface area contributed by atoms with Gasteiger partial charge in [-0.05, 0) is 122 Å². The second-order valence-corrected chi connectivity index (χ2v) is 9.79. The van der Waals surface area contributed by atoms with Crippen LogP contribution in [-0.4, -0.2) is 74.2 Å². The van der Waals surface area contributed by atoms with Gasteiger partial charge in [0.25, 0.3) is 0 Å². The van der Waals surface area contributed by atoms with Crippen molar-refractivity contribution in [3.8, 4) is 0 Å². The van der Waals surface area contributed by atoms with Crippen molar-refractivity contribution in [3.05, 3.63) is 35.4 Å². The van der Waals surface area contributed by atoms with Crippen LogP contribution in [0.2, 0.25) is 0 Å². The lowest BCUT2D eigenvalue weighted by Crippen LogP contribution is -2.39. The number of rotatable bonds is 17. The number of piperidine rings is 1. The zero-order valence-electron chi connectivity index (χ0n) is 21.7. The van der Waals surface area contributed by atoms with Crippen molar-refractivity contribution in [3.63, 3.8) is 0 Å².